The number of nitrogens with one attached hydrogen (secondary N) is 1. The number of carbonyl (C=O) groups excluding carboxylic acids is 1. The Hall–Kier alpha value is -1.10. The van der Waals surface area contributed by atoms with Crippen LogP contribution in [-0.4, -0.2) is 29.6 Å². The van der Waals surface area contributed by atoms with Crippen LogP contribution in [-0.2, 0) is 9.59 Å². The monoisotopic (exact) mass is 256 g/mol. The molecule has 1 rings (SSSR count). The highest BCUT2D eigenvalue weighted by molar-refractivity contribution is 5.79. The summed E-state index contributed by atoms with van der Waals surface area (Å²) >= 11 is 0. The van der Waals surface area contributed by atoms with E-state index in [-0.39, 0.29) is 24.9 Å². The van der Waals surface area contributed by atoms with Crippen LogP contribution < -0.4 is 11.1 Å². The number of carboxylic acid groups (broad SMARTS) is 1. The second kappa shape index (κ2) is 6.73. The minimum absolute atomic E-state index is 0.126. The van der Waals surface area contributed by atoms with E-state index in [1.807, 2.05) is 6.92 Å². The zero-order valence-electron chi connectivity index (χ0n) is 11.1. The lowest BCUT2D eigenvalue weighted by Gasteiger charge is -2.24. The molecule has 0 aromatic rings. The molecule has 0 aromatic heterocycles. The van der Waals surface area contributed by atoms with Crippen molar-refractivity contribution in [3.05, 3.63) is 0 Å². The first-order valence-electron chi connectivity index (χ1n) is 6.76. The molecule has 5 heteroatoms. The third kappa shape index (κ3) is 3.98. The number of hydrogen-bond acceptors (Lipinski definition) is 3. The summed E-state index contributed by atoms with van der Waals surface area (Å²) in [5.74, 6) is -0.929. The van der Waals surface area contributed by atoms with Crippen LogP contribution in [0, 0.1) is 5.41 Å². The van der Waals surface area contributed by atoms with Crippen LogP contribution in [0.5, 0.6) is 0 Å². The Bertz CT molecular complexity index is 299. The van der Waals surface area contributed by atoms with Gasteiger partial charge in [-0.25, -0.2) is 0 Å². The maximum absolute atomic E-state index is 11.7. The summed E-state index contributed by atoms with van der Waals surface area (Å²) in [6, 6.07) is -0.126. The van der Waals surface area contributed by atoms with Crippen LogP contribution in [0.4, 0.5) is 0 Å². The Morgan fingerprint density at radius 2 is 2.00 bits per heavy atom. The van der Waals surface area contributed by atoms with E-state index in [1.54, 1.807) is 0 Å². The average molecular weight is 256 g/mol. The van der Waals surface area contributed by atoms with Gasteiger partial charge in [-0.1, -0.05) is 26.2 Å². The predicted octanol–water partition coefficient (Wildman–Crippen LogP) is 1.27. The fourth-order valence-electron chi connectivity index (χ4n) is 2.57. The lowest BCUT2D eigenvalue weighted by atomic mass is 9.86. The number of hydrogen-bond donors (Lipinski definition) is 3. The molecule has 0 spiro atoms. The van der Waals surface area contributed by atoms with Crippen LogP contribution in [0.1, 0.15) is 51.9 Å². The second-order valence-corrected chi connectivity index (χ2v) is 5.32. The lowest BCUT2D eigenvalue weighted by Crippen LogP contribution is -2.42. The van der Waals surface area contributed by atoms with E-state index in [1.165, 1.54) is 0 Å². The van der Waals surface area contributed by atoms with Crippen molar-refractivity contribution in [3.63, 3.8) is 0 Å². The van der Waals surface area contributed by atoms with Gasteiger partial charge in [-0.15, -0.1) is 0 Å². The fourth-order valence-corrected chi connectivity index (χ4v) is 2.57. The molecule has 5 nitrogen and oxygen atoms in total. The third-order valence-electron chi connectivity index (χ3n) is 3.75. The van der Waals surface area contributed by atoms with Gasteiger partial charge in [0, 0.05) is 19.0 Å². The maximum atomic E-state index is 11.7. The minimum atomic E-state index is -0.793. The smallest absolute Gasteiger partial charge is 0.311 e. The second-order valence-electron chi connectivity index (χ2n) is 5.32. The van der Waals surface area contributed by atoms with Gasteiger partial charge in [0.15, 0.2) is 0 Å². The molecule has 1 aliphatic rings. The lowest BCUT2D eigenvalue weighted by molar-refractivity contribution is -0.148. The third-order valence-corrected chi connectivity index (χ3v) is 3.75. The fraction of sp³-hybridized carbons (Fsp3) is 0.846. The van der Waals surface area contributed by atoms with Crippen LogP contribution in [0.2, 0.25) is 0 Å². The predicted molar refractivity (Wildman–Crippen MR) is 69.0 cm³/mol. The van der Waals surface area contributed by atoms with Crippen molar-refractivity contribution in [2.24, 2.45) is 11.1 Å². The van der Waals surface area contributed by atoms with E-state index in [4.69, 9.17) is 5.73 Å². The molecule has 18 heavy (non-hydrogen) atoms. The molecule has 0 aliphatic heterocycles. The number of carbonyl (C=O) groups is 2. The summed E-state index contributed by atoms with van der Waals surface area (Å²) in [5, 5.41) is 12.0. The molecule has 1 amide bonds. The highest BCUT2D eigenvalue weighted by Gasteiger charge is 2.41. The Balaban J connectivity index is 2.39. The summed E-state index contributed by atoms with van der Waals surface area (Å²) in [4.78, 5) is 23.0. The van der Waals surface area contributed by atoms with Crippen LogP contribution in [0.3, 0.4) is 0 Å². The van der Waals surface area contributed by atoms with E-state index < -0.39 is 11.4 Å². The molecule has 1 atom stereocenters. The maximum Gasteiger partial charge on any atom is 0.311 e. The normalized spacial score (nSPS) is 19.4. The van der Waals surface area contributed by atoms with E-state index in [0.717, 1.165) is 25.7 Å². The molecule has 0 radical (unpaired) electrons. The number of aliphatic carboxylic acids is 1. The molecule has 0 saturated heterocycles. The molecule has 1 aliphatic carbocycles. The number of nitrogens with two attached hydrogens (primary N) is 1. The largest absolute Gasteiger partial charge is 0.481 e. The van der Waals surface area contributed by atoms with Crippen molar-refractivity contribution in [1.29, 1.82) is 0 Å². The van der Waals surface area contributed by atoms with Gasteiger partial charge in [-0.2, -0.15) is 0 Å². The van der Waals surface area contributed by atoms with Crippen LogP contribution in [0.15, 0.2) is 0 Å². The van der Waals surface area contributed by atoms with E-state index in [2.05, 4.69) is 5.32 Å². The van der Waals surface area contributed by atoms with Crippen molar-refractivity contribution < 1.29 is 14.7 Å². The molecule has 1 saturated carbocycles. The first kappa shape index (κ1) is 15.0. The van der Waals surface area contributed by atoms with E-state index in [0.29, 0.717) is 12.8 Å². The summed E-state index contributed by atoms with van der Waals surface area (Å²) in [7, 11) is 0. The Morgan fingerprint density at radius 1 is 1.39 bits per heavy atom. The van der Waals surface area contributed by atoms with Crippen molar-refractivity contribution in [2.75, 3.05) is 6.54 Å². The van der Waals surface area contributed by atoms with Gasteiger partial charge >= 0.3 is 5.97 Å². The first-order chi connectivity index (χ1) is 8.50. The SMILES string of the molecule is CCCC(N)CC(=O)NCC1(C(=O)O)CCCC1. The topological polar surface area (TPSA) is 92.4 Å². The van der Waals surface area contributed by atoms with Gasteiger partial charge in [-0.3, -0.25) is 9.59 Å². The minimum Gasteiger partial charge on any atom is -0.481 e. The molecule has 4 N–H and O–H groups in total. The van der Waals surface area contributed by atoms with Crippen molar-refractivity contribution in [2.45, 2.75) is 57.9 Å². The molecule has 0 heterocycles. The van der Waals surface area contributed by atoms with Crippen molar-refractivity contribution >= 4 is 11.9 Å². The number of rotatable bonds is 7. The van der Waals surface area contributed by atoms with Gasteiger partial charge in [0.1, 0.15) is 0 Å². The summed E-state index contributed by atoms with van der Waals surface area (Å²) < 4.78 is 0. The summed E-state index contributed by atoms with van der Waals surface area (Å²) in [6.07, 6.45) is 5.22. The van der Waals surface area contributed by atoms with Gasteiger partial charge in [0.25, 0.3) is 0 Å². The molecular formula is C13H24N2O3. The summed E-state index contributed by atoms with van der Waals surface area (Å²) in [6.45, 7) is 2.26. The molecule has 104 valence electrons. The quantitative estimate of drug-likeness (QED) is 0.639. The van der Waals surface area contributed by atoms with Crippen molar-refractivity contribution in [3.8, 4) is 0 Å². The highest BCUT2D eigenvalue weighted by atomic mass is 16.4. The molecule has 0 aromatic carbocycles. The molecule has 1 fully saturated rings. The van der Waals surface area contributed by atoms with E-state index >= 15 is 0 Å². The summed E-state index contributed by atoms with van der Waals surface area (Å²) in [5.41, 5.74) is 5.04. The Morgan fingerprint density at radius 3 is 2.50 bits per heavy atom. The number of amides is 1. The molecular weight excluding hydrogens is 232 g/mol. The van der Waals surface area contributed by atoms with Gasteiger partial charge in [0.2, 0.25) is 5.91 Å². The average Bonchev–Trinajstić information content (AvgIpc) is 2.76. The van der Waals surface area contributed by atoms with E-state index in [9.17, 15) is 14.7 Å². The van der Waals surface area contributed by atoms with Crippen molar-refractivity contribution in [1.82, 2.24) is 5.32 Å². The van der Waals surface area contributed by atoms with Gasteiger partial charge in [-0.05, 0) is 19.3 Å². The van der Waals surface area contributed by atoms with Gasteiger partial charge in [0.05, 0.1) is 5.41 Å². The number of carboxylic acids is 1. The highest BCUT2D eigenvalue weighted by Crippen LogP contribution is 2.37. The van der Waals surface area contributed by atoms with Gasteiger partial charge < -0.3 is 16.2 Å². The molecule has 1 unspecified atom stereocenters. The Kier molecular flexibility index (Phi) is 5.59. The first-order valence-corrected chi connectivity index (χ1v) is 6.76. The zero-order chi connectivity index (χ0) is 13.6. The van der Waals surface area contributed by atoms with Crippen LogP contribution >= 0.6 is 0 Å². The zero-order valence-corrected chi connectivity index (χ0v) is 11.1. The Labute approximate surface area is 108 Å². The van der Waals surface area contributed by atoms with Crippen LogP contribution in [0.25, 0.3) is 0 Å². The standard InChI is InChI=1S/C13H24N2O3/c1-2-5-10(14)8-11(16)15-9-13(12(17)18)6-3-4-7-13/h10H,2-9,14H2,1H3,(H,15,16)(H,17,18). The molecule has 0 bridgehead atoms.